The average Bonchev–Trinajstić information content (AvgIpc) is 3.23. The Morgan fingerprint density at radius 2 is 2.07 bits per heavy atom. The molecule has 3 aliphatic rings. The lowest BCUT2D eigenvalue weighted by Crippen LogP contribution is -2.45. The Kier molecular flexibility index (Phi) is 3.85. The number of carbonyl (C=O) groups is 3. The number of rotatable bonds is 3. The van der Waals surface area contributed by atoms with Crippen LogP contribution in [0.25, 0.3) is 0 Å². The molecule has 0 radical (unpaired) electrons. The standard InChI is InChI=1S/C18H16F3NO5/c1-9(23)26-8-17-6-5-12(27-17)13-14(17)16(25)22(15(13)24)11-4-2-3-10(7-11)18(19,20)21/h2-4,7,12-14H,5-6,8H2,1H3/t12-,13+,14-,17-/m0/s1. The maximum atomic E-state index is 13.0. The summed E-state index contributed by atoms with van der Waals surface area (Å²) in [6.45, 7) is 1.07. The molecular weight excluding hydrogens is 367 g/mol. The van der Waals surface area contributed by atoms with Crippen LogP contribution in [0.1, 0.15) is 25.3 Å². The van der Waals surface area contributed by atoms with E-state index in [9.17, 15) is 27.6 Å². The van der Waals surface area contributed by atoms with E-state index < -0.39 is 53.1 Å². The third-order valence-corrected chi connectivity index (χ3v) is 5.51. The number of halogens is 3. The quantitative estimate of drug-likeness (QED) is 0.592. The van der Waals surface area contributed by atoms with E-state index in [0.717, 1.165) is 23.1 Å². The van der Waals surface area contributed by atoms with E-state index in [2.05, 4.69) is 0 Å². The lowest BCUT2D eigenvalue weighted by molar-refractivity contribution is -0.153. The molecule has 0 N–H and O–H groups in total. The van der Waals surface area contributed by atoms with E-state index in [0.29, 0.717) is 12.8 Å². The molecule has 27 heavy (non-hydrogen) atoms. The molecule has 3 aliphatic heterocycles. The highest BCUT2D eigenvalue weighted by molar-refractivity contribution is 6.23. The van der Waals surface area contributed by atoms with Gasteiger partial charge >= 0.3 is 12.1 Å². The van der Waals surface area contributed by atoms with Crippen molar-refractivity contribution < 1.29 is 37.0 Å². The van der Waals surface area contributed by atoms with Crippen molar-refractivity contribution in [1.29, 1.82) is 0 Å². The molecule has 0 spiro atoms. The summed E-state index contributed by atoms with van der Waals surface area (Å²) in [7, 11) is 0. The topological polar surface area (TPSA) is 72.9 Å². The van der Waals surface area contributed by atoms with Crippen LogP contribution in [0.2, 0.25) is 0 Å². The summed E-state index contributed by atoms with van der Waals surface area (Å²) >= 11 is 0. The van der Waals surface area contributed by atoms with Gasteiger partial charge in [-0.3, -0.25) is 14.4 Å². The van der Waals surface area contributed by atoms with Crippen molar-refractivity contribution in [3.8, 4) is 0 Å². The van der Waals surface area contributed by atoms with Gasteiger partial charge in [0, 0.05) is 6.92 Å². The van der Waals surface area contributed by atoms with Crippen LogP contribution < -0.4 is 4.90 Å². The van der Waals surface area contributed by atoms with Crippen molar-refractivity contribution in [3.63, 3.8) is 0 Å². The number of nitrogens with zero attached hydrogens (tertiary/aromatic N) is 1. The van der Waals surface area contributed by atoms with E-state index in [1.165, 1.54) is 13.0 Å². The fraction of sp³-hybridized carbons (Fsp3) is 0.500. The summed E-state index contributed by atoms with van der Waals surface area (Å²) in [6.07, 6.45) is -4.12. The summed E-state index contributed by atoms with van der Waals surface area (Å²) < 4.78 is 49.9. The molecule has 1 aromatic rings. The summed E-state index contributed by atoms with van der Waals surface area (Å²) in [5.74, 6) is -3.35. The van der Waals surface area contributed by atoms with Gasteiger partial charge in [-0.05, 0) is 31.0 Å². The molecule has 0 saturated carbocycles. The van der Waals surface area contributed by atoms with Crippen LogP contribution in [0.5, 0.6) is 0 Å². The Hall–Kier alpha value is -2.42. The number of hydrogen-bond donors (Lipinski definition) is 0. The van der Waals surface area contributed by atoms with Crippen LogP contribution in [0.3, 0.4) is 0 Å². The molecule has 0 unspecified atom stereocenters. The predicted molar refractivity (Wildman–Crippen MR) is 84.4 cm³/mol. The van der Waals surface area contributed by atoms with Crippen LogP contribution in [0.4, 0.5) is 18.9 Å². The van der Waals surface area contributed by atoms with Crippen LogP contribution in [-0.2, 0) is 30.0 Å². The number of hydrogen-bond acceptors (Lipinski definition) is 5. The second-order valence-corrected chi connectivity index (χ2v) is 7.10. The third-order valence-electron chi connectivity index (χ3n) is 5.51. The number of anilines is 1. The van der Waals surface area contributed by atoms with E-state index in [-0.39, 0.29) is 12.3 Å². The Balaban J connectivity index is 1.68. The molecule has 2 bridgehead atoms. The van der Waals surface area contributed by atoms with Crippen molar-refractivity contribution in [2.45, 2.75) is 37.6 Å². The molecule has 3 saturated heterocycles. The van der Waals surface area contributed by atoms with Gasteiger partial charge in [0.15, 0.2) is 0 Å². The SMILES string of the molecule is CC(=O)OC[C@]12CC[C@H](O1)[C@H]1C(=O)N(c3cccc(C(F)(F)F)c3)C(=O)[C@H]12. The van der Waals surface area contributed by atoms with E-state index in [1.54, 1.807) is 0 Å². The van der Waals surface area contributed by atoms with Crippen LogP contribution in [0, 0.1) is 11.8 Å². The highest BCUT2D eigenvalue weighted by Crippen LogP contribution is 2.56. The summed E-state index contributed by atoms with van der Waals surface area (Å²) in [5, 5.41) is 0. The molecule has 0 aliphatic carbocycles. The molecule has 3 fully saturated rings. The summed E-state index contributed by atoms with van der Waals surface area (Å²) in [6, 6.07) is 4.13. The Morgan fingerprint density at radius 3 is 2.74 bits per heavy atom. The number of benzene rings is 1. The van der Waals surface area contributed by atoms with Crippen LogP contribution in [0.15, 0.2) is 24.3 Å². The van der Waals surface area contributed by atoms with Gasteiger partial charge in [-0.25, -0.2) is 4.90 Å². The molecule has 4 rings (SSSR count). The molecule has 3 heterocycles. The van der Waals surface area contributed by atoms with Gasteiger partial charge in [0.1, 0.15) is 12.2 Å². The first-order valence-corrected chi connectivity index (χ1v) is 8.50. The third kappa shape index (κ3) is 2.63. The van der Waals surface area contributed by atoms with Gasteiger partial charge in [-0.15, -0.1) is 0 Å². The average molecular weight is 383 g/mol. The number of esters is 1. The molecule has 1 aromatic carbocycles. The fourth-order valence-corrected chi connectivity index (χ4v) is 4.40. The molecular formula is C18H16F3NO5. The molecule has 4 atom stereocenters. The minimum atomic E-state index is -4.59. The van der Waals surface area contributed by atoms with Gasteiger partial charge in [-0.1, -0.05) is 6.07 Å². The van der Waals surface area contributed by atoms with Gasteiger partial charge in [0.25, 0.3) is 0 Å². The van der Waals surface area contributed by atoms with Gasteiger partial charge in [0.2, 0.25) is 11.8 Å². The summed E-state index contributed by atoms with van der Waals surface area (Å²) in [4.78, 5) is 37.9. The normalized spacial score (nSPS) is 32.1. The molecule has 0 aromatic heterocycles. The number of alkyl halides is 3. The van der Waals surface area contributed by atoms with Gasteiger partial charge in [-0.2, -0.15) is 13.2 Å². The molecule has 9 heteroatoms. The lowest BCUT2D eigenvalue weighted by Gasteiger charge is -2.30. The minimum Gasteiger partial charge on any atom is -0.463 e. The van der Waals surface area contributed by atoms with Crippen LogP contribution in [-0.4, -0.2) is 36.1 Å². The van der Waals surface area contributed by atoms with Crippen molar-refractivity contribution in [2.75, 3.05) is 11.5 Å². The van der Waals surface area contributed by atoms with E-state index >= 15 is 0 Å². The zero-order valence-corrected chi connectivity index (χ0v) is 14.3. The monoisotopic (exact) mass is 383 g/mol. The Morgan fingerprint density at radius 1 is 1.33 bits per heavy atom. The maximum Gasteiger partial charge on any atom is 0.416 e. The van der Waals surface area contributed by atoms with Crippen LogP contribution >= 0.6 is 0 Å². The highest BCUT2D eigenvalue weighted by atomic mass is 19.4. The maximum absolute atomic E-state index is 13.0. The van der Waals surface area contributed by atoms with Gasteiger partial charge in [0.05, 0.1) is 29.2 Å². The second-order valence-electron chi connectivity index (χ2n) is 7.10. The van der Waals surface area contributed by atoms with Crippen molar-refractivity contribution in [2.24, 2.45) is 11.8 Å². The van der Waals surface area contributed by atoms with Crippen molar-refractivity contribution in [3.05, 3.63) is 29.8 Å². The van der Waals surface area contributed by atoms with Gasteiger partial charge < -0.3 is 9.47 Å². The largest absolute Gasteiger partial charge is 0.463 e. The zero-order valence-electron chi connectivity index (χ0n) is 14.3. The highest BCUT2D eigenvalue weighted by Gasteiger charge is 2.70. The first-order valence-electron chi connectivity index (χ1n) is 8.50. The van der Waals surface area contributed by atoms with E-state index in [1.807, 2.05) is 0 Å². The Labute approximate surface area is 152 Å². The number of imide groups is 1. The number of amides is 2. The minimum absolute atomic E-state index is 0.115. The fourth-order valence-electron chi connectivity index (χ4n) is 4.40. The molecule has 2 amide bonds. The summed E-state index contributed by atoms with van der Waals surface area (Å²) in [5.41, 5.74) is -2.15. The van der Waals surface area contributed by atoms with E-state index in [4.69, 9.17) is 9.47 Å². The first-order chi connectivity index (χ1) is 12.6. The first kappa shape index (κ1) is 18.0. The number of carbonyl (C=O) groups excluding carboxylic acids is 3. The predicted octanol–water partition coefficient (Wildman–Crippen LogP) is 2.31. The smallest absolute Gasteiger partial charge is 0.416 e. The second kappa shape index (κ2) is 5.79. The number of fused-ring (bicyclic) bond motifs is 5. The number of ether oxygens (including phenoxy) is 2. The Bertz CT molecular complexity index is 839. The lowest BCUT2D eigenvalue weighted by atomic mass is 9.73. The van der Waals surface area contributed by atoms with Crippen molar-refractivity contribution in [1.82, 2.24) is 0 Å². The zero-order chi connectivity index (χ0) is 19.6. The molecule has 6 nitrogen and oxygen atoms in total. The molecule has 144 valence electrons. The van der Waals surface area contributed by atoms with Crippen molar-refractivity contribution >= 4 is 23.5 Å².